The van der Waals surface area contributed by atoms with Crippen molar-refractivity contribution in [2.24, 2.45) is 0 Å². The smallest absolute Gasteiger partial charge is 0.258 e. The average molecular weight is 486 g/mol. The molecule has 2 atom stereocenters. The summed E-state index contributed by atoms with van der Waals surface area (Å²) < 4.78 is 33.0. The number of anilines is 1. The molecule has 0 spiro atoms. The molecule has 0 saturated carbocycles. The van der Waals surface area contributed by atoms with Gasteiger partial charge in [0.15, 0.2) is 0 Å². The number of carbonyl (C=O) groups excluding carboxylic acids is 1. The lowest BCUT2D eigenvalue weighted by Gasteiger charge is -2.35. The minimum atomic E-state index is -3.52. The molecule has 1 saturated heterocycles. The molecule has 0 radical (unpaired) electrons. The lowest BCUT2D eigenvalue weighted by Crippen LogP contribution is -2.44. The maximum Gasteiger partial charge on any atom is 0.258 e. The summed E-state index contributed by atoms with van der Waals surface area (Å²) in [6, 6.07) is 12.9. The highest BCUT2D eigenvalue weighted by Gasteiger charge is 2.29. The van der Waals surface area contributed by atoms with Crippen molar-refractivity contribution in [2.75, 3.05) is 37.6 Å². The SMILES string of the molecule is CCN(CC)S(=O)(=O)c1ccc2c(c1)CCN2C(=O)c1ccc(CN2CC(C)OC(C)C2)cc1. The molecule has 1 amide bonds. The predicted octanol–water partition coefficient (Wildman–Crippen LogP) is 3.53. The van der Waals surface area contributed by atoms with Gasteiger partial charge < -0.3 is 9.64 Å². The van der Waals surface area contributed by atoms with Crippen molar-refractivity contribution < 1.29 is 17.9 Å². The fourth-order valence-electron chi connectivity index (χ4n) is 5.04. The molecular weight excluding hydrogens is 450 g/mol. The molecule has 2 unspecified atom stereocenters. The van der Waals surface area contributed by atoms with E-state index in [0.29, 0.717) is 36.5 Å². The molecule has 8 heteroatoms. The Morgan fingerprint density at radius 2 is 1.68 bits per heavy atom. The lowest BCUT2D eigenvalue weighted by atomic mass is 10.1. The maximum absolute atomic E-state index is 13.3. The van der Waals surface area contributed by atoms with Gasteiger partial charge in [0, 0.05) is 50.5 Å². The number of fused-ring (bicyclic) bond motifs is 1. The minimum absolute atomic E-state index is 0.0572. The van der Waals surface area contributed by atoms with Crippen LogP contribution in [0.5, 0.6) is 0 Å². The van der Waals surface area contributed by atoms with Crippen LogP contribution in [0.4, 0.5) is 5.69 Å². The molecule has 1 fully saturated rings. The van der Waals surface area contributed by atoms with Crippen LogP contribution < -0.4 is 4.90 Å². The van der Waals surface area contributed by atoms with Crippen LogP contribution in [0.1, 0.15) is 49.2 Å². The average Bonchev–Trinajstić information content (AvgIpc) is 3.22. The highest BCUT2D eigenvalue weighted by Crippen LogP contribution is 2.32. The number of sulfonamides is 1. The maximum atomic E-state index is 13.3. The van der Waals surface area contributed by atoms with Crippen molar-refractivity contribution in [3.63, 3.8) is 0 Å². The van der Waals surface area contributed by atoms with Gasteiger partial charge in [0.2, 0.25) is 10.0 Å². The van der Waals surface area contributed by atoms with Gasteiger partial charge in [0.25, 0.3) is 5.91 Å². The van der Waals surface area contributed by atoms with E-state index < -0.39 is 10.0 Å². The van der Waals surface area contributed by atoms with Crippen LogP contribution in [0.25, 0.3) is 0 Å². The van der Waals surface area contributed by atoms with Crippen LogP contribution in [-0.4, -0.2) is 68.5 Å². The van der Waals surface area contributed by atoms with Crippen LogP contribution in [0, 0.1) is 0 Å². The number of carbonyl (C=O) groups is 1. The highest BCUT2D eigenvalue weighted by molar-refractivity contribution is 7.89. The number of amides is 1. The van der Waals surface area contributed by atoms with Crippen molar-refractivity contribution in [2.45, 2.75) is 57.8 Å². The summed E-state index contributed by atoms with van der Waals surface area (Å²) in [4.78, 5) is 17.7. The van der Waals surface area contributed by atoms with E-state index in [-0.39, 0.29) is 18.1 Å². The third-order valence-corrected chi connectivity index (χ3v) is 8.68. The van der Waals surface area contributed by atoms with Gasteiger partial charge in [-0.05, 0) is 61.7 Å². The number of benzene rings is 2. The number of hydrogen-bond donors (Lipinski definition) is 0. The summed E-state index contributed by atoms with van der Waals surface area (Å²) in [5.41, 5.74) is 3.50. The van der Waals surface area contributed by atoms with Gasteiger partial charge in [-0.2, -0.15) is 4.31 Å². The monoisotopic (exact) mass is 485 g/mol. The number of rotatable bonds is 7. The Kier molecular flexibility index (Phi) is 7.42. The van der Waals surface area contributed by atoms with Gasteiger partial charge in [0.1, 0.15) is 0 Å². The molecule has 2 aromatic rings. The van der Waals surface area contributed by atoms with Crippen molar-refractivity contribution in [3.8, 4) is 0 Å². The summed E-state index contributed by atoms with van der Waals surface area (Å²) in [6.07, 6.45) is 1.10. The van der Waals surface area contributed by atoms with E-state index in [1.807, 2.05) is 38.1 Å². The Hall–Kier alpha value is -2.26. The van der Waals surface area contributed by atoms with Crippen LogP contribution >= 0.6 is 0 Å². The summed E-state index contributed by atoms with van der Waals surface area (Å²) in [6.45, 7) is 11.9. The molecule has 4 rings (SSSR count). The Labute approximate surface area is 203 Å². The third-order valence-electron chi connectivity index (χ3n) is 6.64. The number of morpholine rings is 1. The van der Waals surface area contributed by atoms with E-state index in [4.69, 9.17) is 4.74 Å². The molecule has 0 bridgehead atoms. The molecule has 2 aliphatic rings. The minimum Gasteiger partial charge on any atom is -0.373 e. The fraction of sp³-hybridized carbons (Fsp3) is 0.500. The van der Waals surface area contributed by atoms with Gasteiger partial charge in [-0.25, -0.2) is 8.42 Å². The second-order valence-corrected chi connectivity index (χ2v) is 11.2. The van der Waals surface area contributed by atoms with Crippen LogP contribution in [0.3, 0.4) is 0 Å². The summed E-state index contributed by atoms with van der Waals surface area (Å²) >= 11 is 0. The topological polar surface area (TPSA) is 70.2 Å². The van der Waals surface area contributed by atoms with E-state index in [1.54, 1.807) is 23.1 Å². The van der Waals surface area contributed by atoms with E-state index in [2.05, 4.69) is 18.7 Å². The van der Waals surface area contributed by atoms with Gasteiger partial charge in [-0.1, -0.05) is 26.0 Å². The third kappa shape index (κ3) is 5.05. The largest absolute Gasteiger partial charge is 0.373 e. The lowest BCUT2D eigenvalue weighted by molar-refractivity contribution is -0.0704. The predicted molar refractivity (Wildman–Crippen MR) is 134 cm³/mol. The van der Waals surface area contributed by atoms with Crippen molar-refractivity contribution >= 4 is 21.6 Å². The van der Waals surface area contributed by atoms with Gasteiger partial charge in [-0.15, -0.1) is 0 Å². The van der Waals surface area contributed by atoms with Crippen LogP contribution in [-0.2, 0) is 27.7 Å². The molecule has 0 aliphatic carbocycles. The quantitative estimate of drug-likeness (QED) is 0.600. The molecule has 2 heterocycles. The molecule has 0 aromatic heterocycles. The second kappa shape index (κ2) is 10.2. The number of hydrogen-bond acceptors (Lipinski definition) is 5. The van der Waals surface area contributed by atoms with Crippen molar-refractivity contribution in [3.05, 3.63) is 59.2 Å². The molecule has 7 nitrogen and oxygen atoms in total. The van der Waals surface area contributed by atoms with Gasteiger partial charge in [0.05, 0.1) is 17.1 Å². The van der Waals surface area contributed by atoms with Gasteiger partial charge >= 0.3 is 0 Å². The Morgan fingerprint density at radius 3 is 2.29 bits per heavy atom. The summed E-state index contributed by atoms with van der Waals surface area (Å²) in [5.74, 6) is -0.0572. The second-order valence-electron chi connectivity index (χ2n) is 9.23. The van der Waals surface area contributed by atoms with Crippen molar-refractivity contribution in [1.29, 1.82) is 0 Å². The van der Waals surface area contributed by atoms with E-state index in [9.17, 15) is 13.2 Å². The Bertz CT molecular complexity index is 1120. The van der Waals surface area contributed by atoms with Gasteiger partial charge in [-0.3, -0.25) is 9.69 Å². The zero-order valence-corrected chi connectivity index (χ0v) is 21.3. The molecule has 2 aromatic carbocycles. The molecule has 0 N–H and O–H groups in total. The first-order valence-electron chi connectivity index (χ1n) is 12.1. The first-order chi connectivity index (χ1) is 16.2. The number of ether oxygens (including phenoxy) is 1. The zero-order valence-electron chi connectivity index (χ0n) is 20.5. The molecular formula is C26H35N3O4S. The molecule has 2 aliphatic heterocycles. The highest BCUT2D eigenvalue weighted by atomic mass is 32.2. The first-order valence-corrected chi connectivity index (χ1v) is 13.6. The first kappa shape index (κ1) is 24.9. The summed E-state index contributed by atoms with van der Waals surface area (Å²) in [7, 11) is -3.52. The van der Waals surface area contributed by atoms with Crippen molar-refractivity contribution in [1.82, 2.24) is 9.21 Å². The van der Waals surface area contributed by atoms with E-state index in [1.165, 1.54) is 9.87 Å². The molecule has 184 valence electrons. The van der Waals surface area contributed by atoms with Crippen LogP contribution in [0.15, 0.2) is 47.4 Å². The van der Waals surface area contributed by atoms with Crippen LogP contribution in [0.2, 0.25) is 0 Å². The Balaban J connectivity index is 1.47. The Morgan fingerprint density at radius 1 is 1.03 bits per heavy atom. The standard InChI is InChI=1S/C26H35N3O4S/c1-5-28(6-2)34(31,32)24-11-12-25-23(15-24)13-14-29(25)26(30)22-9-7-21(8-10-22)18-27-16-19(3)33-20(4)17-27/h7-12,15,19-20H,5-6,13-14,16-18H2,1-4H3. The number of nitrogens with zero attached hydrogens (tertiary/aromatic N) is 3. The summed E-state index contributed by atoms with van der Waals surface area (Å²) in [5, 5.41) is 0. The normalized spacial score (nSPS) is 21.1. The zero-order chi connectivity index (χ0) is 24.5. The fourth-order valence-corrected chi connectivity index (χ4v) is 6.55. The van der Waals surface area contributed by atoms with E-state index >= 15 is 0 Å². The van der Waals surface area contributed by atoms with E-state index in [0.717, 1.165) is 30.9 Å². The molecule has 34 heavy (non-hydrogen) atoms.